The second-order valence-corrected chi connectivity index (χ2v) is 5.81. The number of carbonyl (C=O) groups excluding carboxylic acids is 1. The van der Waals surface area contributed by atoms with Crippen molar-refractivity contribution in [3.05, 3.63) is 36.7 Å². The van der Waals surface area contributed by atoms with Crippen LogP contribution in [0.15, 0.2) is 46.7 Å². The number of benzene rings is 1. The van der Waals surface area contributed by atoms with Gasteiger partial charge in [0.1, 0.15) is 5.75 Å². The average Bonchev–Trinajstić information content (AvgIpc) is 2.59. The van der Waals surface area contributed by atoms with Crippen LogP contribution < -0.4 is 26.0 Å². The molecular weight excluding hydrogens is 410 g/mol. The smallest absolute Gasteiger partial charge is 0.406 e. The predicted octanol–water partition coefficient (Wildman–Crippen LogP) is 1.57. The summed E-state index contributed by atoms with van der Waals surface area (Å²) in [6.07, 6.45) is -6.97. The number of alkyl halides is 6. The summed E-state index contributed by atoms with van der Waals surface area (Å²) < 4.78 is 78.1. The Bertz CT molecular complexity index is 892. The van der Waals surface area contributed by atoms with E-state index in [-0.39, 0.29) is 17.2 Å². The number of amides is 1. The molecule has 0 aromatic heterocycles. The molecule has 2 heterocycles. The number of hydrogen-bond donors (Lipinski definition) is 3. The highest BCUT2D eigenvalue weighted by atomic mass is 19.4. The van der Waals surface area contributed by atoms with Gasteiger partial charge in [-0.2, -0.15) is 13.2 Å². The molecule has 1 unspecified atom stereocenters. The van der Waals surface area contributed by atoms with E-state index >= 15 is 0 Å². The monoisotopic (exact) mass is 422 g/mol. The van der Waals surface area contributed by atoms with Crippen LogP contribution in [0.5, 0.6) is 5.75 Å². The first kappa shape index (κ1) is 20.6. The van der Waals surface area contributed by atoms with Crippen molar-refractivity contribution < 1.29 is 35.9 Å². The molecule has 0 radical (unpaired) electrons. The van der Waals surface area contributed by atoms with E-state index in [1.807, 2.05) is 5.32 Å². The molecule has 0 bridgehead atoms. The van der Waals surface area contributed by atoms with Crippen molar-refractivity contribution in [1.82, 2.24) is 10.6 Å². The van der Waals surface area contributed by atoms with Crippen LogP contribution in [0.3, 0.4) is 0 Å². The van der Waals surface area contributed by atoms with Crippen LogP contribution in [-0.2, 0) is 4.79 Å². The zero-order valence-electron chi connectivity index (χ0n) is 14.2. The topological polar surface area (TPSA) is 104 Å². The summed E-state index contributed by atoms with van der Waals surface area (Å²) in [6.45, 7) is -1.54. The minimum Gasteiger partial charge on any atom is -0.406 e. The summed E-state index contributed by atoms with van der Waals surface area (Å²) >= 11 is 0. The van der Waals surface area contributed by atoms with Gasteiger partial charge >= 0.3 is 12.5 Å². The second-order valence-electron chi connectivity index (χ2n) is 5.81. The lowest BCUT2D eigenvalue weighted by atomic mass is 10.2. The van der Waals surface area contributed by atoms with Crippen molar-refractivity contribution in [2.24, 2.45) is 15.7 Å². The van der Waals surface area contributed by atoms with Crippen molar-refractivity contribution in [2.45, 2.75) is 18.4 Å². The Balaban J connectivity index is 1.89. The molecule has 8 nitrogen and oxygen atoms in total. The number of anilines is 1. The molecule has 4 N–H and O–H groups in total. The van der Waals surface area contributed by atoms with Crippen LogP contribution in [-0.4, -0.2) is 42.4 Å². The van der Waals surface area contributed by atoms with Gasteiger partial charge in [0.25, 0.3) is 5.91 Å². The van der Waals surface area contributed by atoms with Crippen molar-refractivity contribution in [2.75, 3.05) is 11.4 Å². The standard InChI is InChI=1S/C15H12F6N6O2/c16-13(17,18)7-24-15(22)25-11-10(12(28)26-15)23-5-6-27(11)8-1-3-9(4-2-8)29-14(19,20)21/h1-6,24H,7,22H2,(H,26,28). The predicted molar refractivity (Wildman–Crippen MR) is 88.7 cm³/mol. The number of amidine groups is 1. The third kappa shape index (κ3) is 5.03. The molecule has 0 fully saturated rings. The molecule has 1 atom stereocenters. The SMILES string of the molecule is NC1(NCC(F)(F)F)N=C2C(=NC=CN2c2ccc(OC(F)(F)F)cc2)C(=O)N1. The number of aliphatic imine (C=N–C) groups is 2. The number of rotatable bonds is 4. The fourth-order valence-corrected chi connectivity index (χ4v) is 2.45. The molecule has 2 aliphatic rings. The van der Waals surface area contributed by atoms with Crippen LogP contribution in [0.2, 0.25) is 0 Å². The van der Waals surface area contributed by atoms with Gasteiger partial charge in [0.15, 0.2) is 11.5 Å². The third-order valence-electron chi connectivity index (χ3n) is 3.57. The Morgan fingerprint density at radius 3 is 2.41 bits per heavy atom. The van der Waals surface area contributed by atoms with E-state index in [0.29, 0.717) is 0 Å². The fourth-order valence-electron chi connectivity index (χ4n) is 2.45. The fraction of sp³-hybridized carbons (Fsp3) is 0.267. The van der Waals surface area contributed by atoms with Gasteiger partial charge in [-0.25, -0.2) is 9.98 Å². The van der Waals surface area contributed by atoms with Crippen molar-refractivity contribution in [3.8, 4) is 5.75 Å². The summed E-state index contributed by atoms with van der Waals surface area (Å²) in [7, 11) is 0. The Labute approximate surface area is 158 Å². The number of carbonyl (C=O) groups is 1. The summed E-state index contributed by atoms with van der Waals surface area (Å²) in [5.41, 5.74) is 5.71. The van der Waals surface area contributed by atoms with E-state index in [2.05, 4.69) is 20.0 Å². The maximum Gasteiger partial charge on any atom is 0.573 e. The van der Waals surface area contributed by atoms with Crippen molar-refractivity contribution in [1.29, 1.82) is 0 Å². The molecular formula is C15H12F6N6O2. The highest BCUT2D eigenvalue weighted by Gasteiger charge is 2.41. The minimum atomic E-state index is -4.87. The molecule has 156 valence electrons. The molecule has 1 aromatic rings. The van der Waals surface area contributed by atoms with Gasteiger partial charge in [-0.05, 0) is 24.3 Å². The number of fused-ring (bicyclic) bond motifs is 1. The molecule has 14 heteroatoms. The molecule has 1 amide bonds. The minimum absolute atomic E-state index is 0.196. The number of halogens is 6. The van der Waals surface area contributed by atoms with Gasteiger partial charge in [-0.1, -0.05) is 0 Å². The first-order chi connectivity index (χ1) is 13.4. The van der Waals surface area contributed by atoms with E-state index in [4.69, 9.17) is 5.73 Å². The van der Waals surface area contributed by atoms with Gasteiger partial charge < -0.3 is 10.1 Å². The Morgan fingerprint density at radius 2 is 1.83 bits per heavy atom. The molecule has 3 rings (SSSR count). The van der Waals surface area contributed by atoms with Crippen molar-refractivity contribution in [3.63, 3.8) is 0 Å². The second kappa shape index (κ2) is 7.04. The van der Waals surface area contributed by atoms with E-state index in [9.17, 15) is 31.1 Å². The Hall–Kier alpha value is -3.13. The van der Waals surface area contributed by atoms with Gasteiger partial charge in [-0.3, -0.25) is 20.7 Å². The lowest BCUT2D eigenvalue weighted by molar-refractivity contribution is -0.274. The molecule has 29 heavy (non-hydrogen) atoms. The zero-order valence-corrected chi connectivity index (χ0v) is 14.2. The van der Waals surface area contributed by atoms with Crippen LogP contribution in [0.1, 0.15) is 0 Å². The first-order valence-electron chi connectivity index (χ1n) is 7.78. The molecule has 0 saturated heterocycles. The van der Waals surface area contributed by atoms with Crippen LogP contribution in [0, 0.1) is 0 Å². The number of nitrogens with two attached hydrogens (primary N) is 1. The highest BCUT2D eigenvalue weighted by Crippen LogP contribution is 2.27. The summed E-state index contributed by atoms with van der Waals surface area (Å²) in [5, 5.41) is 3.97. The Morgan fingerprint density at radius 1 is 1.17 bits per heavy atom. The van der Waals surface area contributed by atoms with E-state index in [1.54, 1.807) is 0 Å². The molecule has 0 spiro atoms. The Kier molecular flexibility index (Phi) is 5.00. The van der Waals surface area contributed by atoms with Crippen LogP contribution >= 0.6 is 0 Å². The number of nitrogens with one attached hydrogen (secondary N) is 2. The molecule has 1 aromatic carbocycles. The summed E-state index contributed by atoms with van der Waals surface area (Å²) in [6, 6.07) is 4.49. The van der Waals surface area contributed by atoms with E-state index < -0.39 is 36.7 Å². The van der Waals surface area contributed by atoms with Crippen molar-refractivity contribution >= 4 is 23.1 Å². The summed E-state index contributed by atoms with van der Waals surface area (Å²) in [5.74, 6) is -3.85. The third-order valence-corrected chi connectivity index (χ3v) is 3.57. The lowest BCUT2D eigenvalue weighted by Crippen LogP contribution is -2.71. The van der Waals surface area contributed by atoms with Gasteiger partial charge in [0.05, 0.1) is 6.54 Å². The van der Waals surface area contributed by atoms with E-state index in [1.165, 1.54) is 29.4 Å². The average molecular weight is 422 g/mol. The maximum absolute atomic E-state index is 12.5. The first-order valence-corrected chi connectivity index (χ1v) is 7.78. The number of hydrogen-bond acceptors (Lipinski definition) is 7. The van der Waals surface area contributed by atoms with Crippen LogP contribution in [0.4, 0.5) is 32.0 Å². The van der Waals surface area contributed by atoms with Gasteiger partial charge in [0.2, 0.25) is 5.91 Å². The quantitative estimate of drug-likeness (QED) is 0.505. The highest BCUT2D eigenvalue weighted by molar-refractivity contribution is 6.70. The maximum atomic E-state index is 12.5. The zero-order chi connectivity index (χ0) is 21.4. The number of ether oxygens (including phenoxy) is 1. The lowest BCUT2D eigenvalue weighted by Gasteiger charge is -2.36. The van der Waals surface area contributed by atoms with Gasteiger partial charge in [0, 0.05) is 18.1 Å². The molecule has 2 aliphatic heterocycles. The largest absolute Gasteiger partial charge is 0.573 e. The normalized spacial score (nSPS) is 21.9. The van der Waals surface area contributed by atoms with Crippen LogP contribution in [0.25, 0.3) is 0 Å². The number of nitrogens with zero attached hydrogens (tertiary/aromatic N) is 3. The summed E-state index contributed by atoms with van der Waals surface area (Å²) in [4.78, 5) is 21.2. The molecule has 0 saturated carbocycles. The van der Waals surface area contributed by atoms with E-state index in [0.717, 1.165) is 12.1 Å². The van der Waals surface area contributed by atoms with Gasteiger partial charge in [-0.15, -0.1) is 13.2 Å². The molecule has 0 aliphatic carbocycles.